The van der Waals surface area contributed by atoms with E-state index in [9.17, 15) is 5.11 Å². The normalized spacial score (nSPS) is 10.8. The fourth-order valence-electron chi connectivity index (χ4n) is 2.17. The van der Waals surface area contributed by atoms with Gasteiger partial charge >= 0.3 is 0 Å². The van der Waals surface area contributed by atoms with E-state index < -0.39 is 0 Å². The number of hydrogen-bond donors (Lipinski definition) is 1. The van der Waals surface area contributed by atoms with Crippen LogP contribution in [0.4, 0.5) is 0 Å². The Balaban J connectivity index is 1.59. The van der Waals surface area contributed by atoms with Crippen LogP contribution in [0.1, 0.15) is 11.1 Å². The topological polar surface area (TPSA) is 73.1 Å². The van der Waals surface area contributed by atoms with Gasteiger partial charge in [-0.3, -0.25) is 0 Å². The molecular weight excluding hydrogens is 324 g/mol. The average Bonchev–Trinajstić information content (AvgIpc) is 3.04. The Kier molecular flexibility index (Phi) is 5.00. The first-order valence-electron chi connectivity index (χ1n) is 7.54. The highest BCUT2D eigenvalue weighted by atomic mass is 32.2. The van der Waals surface area contributed by atoms with Crippen LogP contribution in [0.25, 0.3) is 5.69 Å². The molecule has 6 nitrogen and oxygen atoms in total. The summed E-state index contributed by atoms with van der Waals surface area (Å²) in [6.07, 6.45) is 0. The fourth-order valence-corrected chi connectivity index (χ4v) is 2.88. The lowest BCUT2D eigenvalue weighted by Crippen LogP contribution is -2.04. The number of hydrogen-bond acceptors (Lipinski definition) is 6. The lowest BCUT2D eigenvalue weighted by Gasteiger charge is -2.09. The van der Waals surface area contributed by atoms with Crippen molar-refractivity contribution in [1.82, 2.24) is 20.2 Å². The first-order chi connectivity index (χ1) is 11.6. The molecule has 0 spiro atoms. The van der Waals surface area contributed by atoms with Gasteiger partial charge in [0.05, 0.1) is 12.3 Å². The number of phenols is 1. The van der Waals surface area contributed by atoms with Gasteiger partial charge in [0, 0.05) is 5.75 Å². The molecule has 1 aromatic heterocycles. The van der Waals surface area contributed by atoms with Gasteiger partial charge in [0.2, 0.25) is 5.16 Å². The molecular formula is C17H18N4O2S. The van der Waals surface area contributed by atoms with Gasteiger partial charge in [-0.1, -0.05) is 23.9 Å². The highest BCUT2D eigenvalue weighted by Crippen LogP contribution is 2.22. The predicted octanol–water partition coefficient (Wildman–Crippen LogP) is 3.16. The van der Waals surface area contributed by atoms with Crippen LogP contribution in [-0.2, 0) is 0 Å². The van der Waals surface area contributed by atoms with Crippen LogP contribution >= 0.6 is 11.8 Å². The zero-order valence-corrected chi connectivity index (χ0v) is 14.3. The van der Waals surface area contributed by atoms with Gasteiger partial charge in [-0.2, -0.15) is 4.68 Å². The standard InChI is InChI=1S/C17H18N4O2S/c1-12-3-4-13(2)16(11-12)23-9-10-24-17-18-19-20-21(17)14-5-7-15(22)8-6-14/h3-8,11,22H,9-10H2,1-2H3. The third-order valence-electron chi connectivity index (χ3n) is 3.45. The molecule has 0 atom stereocenters. The van der Waals surface area contributed by atoms with E-state index >= 15 is 0 Å². The summed E-state index contributed by atoms with van der Waals surface area (Å²) < 4.78 is 7.49. The number of tetrazole rings is 1. The number of ether oxygens (including phenoxy) is 1. The molecule has 7 heteroatoms. The Morgan fingerprint density at radius 2 is 1.92 bits per heavy atom. The number of aromatic hydroxyl groups is 1. The summed E-state index contributed by atoms with van der Waals surface area (Å²) in [5.41, 5.74) is 3.11. The van der Waals surface area contributed by atoms with Crippen molar-refractivity contribution in [2.24, 2.45) is 0 Å². The molecule has 24 heavy (non-hydrogen) atoms. The summed E-state index contributed by atoms with van der Waals surface area (Å²) in [6, 6.07) is 12.9. The predicted molar refractivity (Wildman–Crippen MR) is 93.0 cm³/mol. The van der Waals surface area contributed by atoms with Crippen molar-refractivity contribution in [2.75, 3.05) is 12.4 Å². The summed E-state index contributed by atoms with van der Waals surface area (Å²) >= 11 is 1.52. The largest absolute Gasteiger partial charge is 0.508 e. The van der Waals surface area contributed by atoms with Crippen LogP contribution in [0.15, 0.2) is 47.6 Å². The Bertz CT molecular complexity index is 818. The maximum atomic E-state index is 9.36. The smallest absolute Gasteiger partial charge is 0.214 e. The molecule has 3 rings (SSSR count). The minimum Gasteiger partial charge on any atom is -0.508 e. The molecule has 3 aromatic rings. The molecule has 0 saturated heterocycles. The van der Waals surface area contributed by atoms with Crippen molar-refractivity contribution in [2.45, 2.75) is 19.0 Å². The van der Waals surface area contributed by atoms with Crippen LogP contribution in [0.3, 0.4) is 0 Å². The first-order valence-corrected chi connectivity index (χ1v) is 8.53. The Labute approximate surface area is 144 Å². The van der Waals surface area contributed by atoms with E-state index in [2.05, 4.69) is 27.7 Å². The van der Waals surface area contributed by atoms with Crippen LogP contribution in [0.5, 0.6) is 11.5 Å². The second kappa shape index (κ2) is 7.35. The van der Waals surface area contributed by atoms with Crippen molar-refractivity contribution in [1.29, 1.82) is 0 Å². The minimum atomic E-state index is 0.211. The molecule has 0 aliphatic heterocycles. The van der Waals surface area contributed by atoms with E-state index in [1.165, 1.54) is 17.3 Å². The molecule has 124 valence electrons. The average molecular weight is 342 g/mol. The second-order valence-electron chi connectivity index (χ2n) is 5.36. The second-order valence-corrected chi connectivity index (χ2v) is 6.42. The maximum absolute atomic E-state index is 9.36. The number of benzene rings is 2. The Morgan fingerprint density at radius 3 is 2.71 bits per heavy atom. The molecule has 0 amide bonds. The maximum Gasteiger partial charge on any atom is 0.214 e. The zero-order chi connectivity index (χ0) is 16.9. The van der Waals surface area contributed by atoms with E-state index in [-0.39, 0.29) is 5.75 Å². The SMILES string of the molecule is Cc1ccc(C)c(OCCSc2nnnn2-c2ccc(O)cc2)c1. The molecule has 0 bridgehead atoms. The molecule has 0 fully saturated rings. The third-order valence-corrected chi connectivity index (χ3v) is 4.33. The summed E-state index contributed by atoms with van der Waals surface area (Å²) in [6.45, 7) is 4.65. The van der Waals surface area contributed by atoms with E-state index in [0.29, 0.717) is 11.8 Å². The lowest BCUT2D eigenvalue weighted by molar-refractivity contribution is 0.341. The molecule has 0 aliphatic rings. The van der Waals surface area contributed by atoms with Gasteiger partial charge in [0.15, 0.2) is 0 Å². The van der Waals surface area contributed by atoms with Gasteiger partial charge in [0.25, 0.3) is 0 Å². The molecule has 2 aromatic carbocycles. The summed E-state index contributed by atoms with van der Waals surface area (Å²) in [5.74, 6) is 1.85. The summed E-state index contributed by atoms with van der Waals surface area (Å²) in [4.78, 5) is 0. The highest BCUT2D eigenvalue weighted by molar-refractivity contribution is 7.99. The van der Waals surface area contributed by atoms with Crippen LogP contribution < -0.4 is 4.74 Å². The van der Waals surface area contributed by atoms with Gasteiger partial charge in [0.1, 0.15) is 11.5 Å². The van der Waals surface area contributed by atoms with Crippen LogP contribution in [0, 0.1) is 13.8 Å². The molecule has 0 radical (unpaired) electrons. The van der Waals surface area contributed by atoms with Gasteiger partial charge < -0.3 is 9.84 Å². The lowest BCUT2D eigenvalue weighted by atomic mass is 10.1. The summed E-state index contributed by atoms with van der Waals surface area (Å²) in [5, 5.41) is 21.8. The number of aromatic nitrogens is 4. The number of rotatable bonds is 6. The van der Waals surface area contributed by atoms with Gasteiger partial charge in [-0.15, -0.1) is 5.10 Å². The Morgan fingerprint density at radius 1 is 1.12 bits per heavy atom. The fraction of sp³-hybridized carbons (Fsp3) is 0.235. The summed E-state index contributed by atoms with van der Waals surface area (Å²) in [7, 11) is 0. The molecule has 0 saturated carbocycles. The van der Waals surface area contributed by atoms with Gasteiger partial charge in [-0.05, 0) is 65.7 Å². The molecule has 1 heterocycles. The third kappa shape index (κ3) is 3.86. The zero-order valence-electron chi connectivity index (χ0n) is 13.5. The number of thioether (sulfide) groups is 1. The monoisotopic (exact) mass is 342 g/mol. The number of phenolic OH excluding ortho intramolecular Hbond substituents is 1. The molecule has 1 N–H and O–H groups in total. The van der Waals surface area contributed by atoms with Crippen LogP contribution in [0.2, 0.25) is 0 Å². The van der Waals surface area contributed by atoms with Crippen molar-refractivity contribution in [3.8, 4) is 17.2 Å². The highest BCUT2D eigenvalue weighted by Gasteiger charge is 2.09. The minimum absolute atomic E-state index is 0.211. The van der Waals surface area contributed by atoms with Gasteiger partial charge in [-0.25, -0.2) is 0 Å². The van der Waals surface area contributed by atoms with E-state index in [1.807, 2.05) is 19.9 Å². The number of aryl methyl sites for hydroxylation is 2. The van der Waals surface area contributed by atoms with E-state index in [1.54, 1.807) is 28.9 Å². The van der Waals surface area contributed by atoms with Crippen molar-refractivity contribution in [3.63, 3.8) is 0 Å². The van der Waals surface area contributed by atoms with Crippen molar-refractivity contribution in [3.05, 3.63) is 53.6 Å². The van der Waals surface area contributed by atoms with E-state index in [0.717, 1.165) is 22.8 Å². The molecule has 0 aliphatic carbocycles. The van der Waals surface area contributed by atoms with E-state index in [4.69, 9.17) is 4.74 Å². The quantitative estimate of drug-likeness (QED) is 0.548. The Hall–Kier alpha value is -2.54. The van der Waals surface area contributed by atoms with Crippen molar-refractivity contribution < 1.29 is 9.84 Å². The first kappa shape index (κ1) is 16.3. The molecule has 0 unspecified atom stereocenters. The van der Waals surface area contributed by atoms with Crippen molar-refractivity contribution >= 4 is 11.8 Å². The van der Waals surface area contributed by atoms with Crippen LogP contribution in [-0.4, -0.2) is 37.7 Å². The number of nitrogens with zero attached hydrogens (tertiary/aromatic N) is 4.